The molecule has 0 spiro atoms. The molecule has 0 amide bonds. The summed E-state index contributed by atoms with van der Waals surface area (Å²) in [7, 11) is 0. The standard InChI is InChI=1S/C20H30O3/c1-2-3-4-5-6-7-8-19(21)15-13-17-9-11-18(12-10-17)14-16-20(22)23/h9-12H,2-8,13-16H2,1H3,(H,22,23). The number of aliphatic carboxylic acids is 1. The van der Waals surface area contributed by atoms with Gasteiger partial charge in [0.05, 0.1) is 0 Å². The number of ketones is 1. The fraction of sp³-hybridized carbons (Fsp3) is 0.600. The van der Waals surface area contributed by atoms with E-state index in [1.165, 1.54) is 32.1 Å². The molecule has 0 unspecified atom stereocenters. The fourth-order valence-electron chi connectivity index (χ4n) is 2.64. The highest BCUT2D eigenvalue weighted by Crippen LogP contribution is 2.11. The highest BCUT2D eigenvalue weighted by molar-refractivity contribution is 5.78. The third kappa shape index (κ3) is 9.88. The first-order chi connectivity index (χ1) is 11.1. The van der Waals surface area contributed by atoms with E-state index in [1.807, 2.05) is 24.3 Å². The van der Waals surface area contributed by atoms with Crippen LogP contribution in [0.5, 0.6) is 0 Å². The predicted molar refractivity (Wildman–Crippen MR) is 93.7 cm³/mol. The first-order valence-electron chi connectivity index (χ1n) is 8.93. The lowest BCUT2D eigenvalue weighted by Gasteiger charge is -2.04. The van der Waals surface area contributed by atoms with E-state index in [-0.39, 0.29) is 6.42 Å². The first kappa shape index (κ1) is 19.4. The van der Waals surface area contributed by atoms with Crippen molar-refractivity contribution in [3.05, 3.63) is 35.4 Å². The van der Waals surface area contributed by atoms with Gasteiger partial charge in [-0.15, -0.1) is 0 Å². The normalized spacial score (nSPS) is 10.7. The molecule has 0 radical (unpaired) electrons. The summed E-state index contributed by atoms with van der Waals surface area (Å²) in [6.07, 6.45) is 10.1. The average Bonchev–Trinajstić information content (AvgIpc) is 2.55. The summed E-state index contributed by atoms with van der Waals surface area (Å²) in [5.74, 6) is -0.412. The Bertz CT molecular complexity index is 462. The number of carboxylic acids is 1. The van der Waals surface area contributed by atoms with Gasteiger partial charge < -0.3 is 5.11 Å². The molecule has 0 aliphatic heterocycles. The van der Waals surface area contributed by atoms with Crippen LogP contribution in [0.15, 0.2) is 24.3 Å². The maximum absolute atomic E-state index is 11.9. The first-order valence-corrected chi connectivity index (χ1v) is 8.93. The molecule has 0 bridgehead atoms. The highest BCUT2D eigenvalue weighted by atomic mass is 16.4. The molecule has 1 aromatic carbocycles. The maximum Gasteiger partial charge on any atom is 0.303 e. The largest absolute Gasteiger partial charge is 0.481 e. The monoisotopic (exact) mass is 318 g/mol. The van der Waals surface area contributed by atoms with Crippen LogP contribution in [-0.2, 0) is 22.4 Å². The van der Waals surface area contributed by atoms with E-state index in [0.29, 0.717) is 25.0 Å². The molecule has 0 aliphatic carbocycles. The Labute approximate surface area is 140 Å². The van der Waals surface area contributed by atoms with Gasteiger partial charge in [0, 0.05) is 19.3 Å². The second kappa shape index (κ2) is 11.9. The molecule has 0 saturated carbocycles. The number of Topliss-reactive ketones (excluding diaryl/α,β-unsaturated/α-hetero) is 1. The minimum absolute atomic E-state index is 0.163. The van der Waals surface area contributed by atoms with Crippen molar-refractivity contribution in [2.45, 2.75) is 77.6 Å². The van der Waals surface area contributed by atoms with Gasteiger partial charge in [-0.2, -0.15) is 0 Å². The summed E-state index contributed by atoms with van der Waals surface area (Å²) >= 11 is 0. The summed E-state index contributed by atoms with van der Waals surface area (Å²) < 4.78 is 0. The zero-order chi connectivity index (χ0) is 16.9. The number of carbonyl (C=O) groups is 2. The van der Waals surface area contributed by atoms with Crippen LogP contribution in [0.2, 0.25) is 0 Å². The lowest BCUT2D eigenvalue weighted by molar-refractivity contribution is -0.137. The molecule has 3 heteroatoms. The number of hydrogen-bond acceptors (Lipinski definition) is 2. The van der Waals surface area contributed by atoms with Gasteiger partial charge in [-0.1, -0.05) is 63.3 Å². The van der Waals surface area contributed by atoms with E-state index in [4.69, 9.17) is 5.11 Å². The molecule has 0 atom stereocenters. The molecule has 23 heavy (non-hydrogen) atoms. The predicted octanol–water partition coefficient (Wildman–Crippen LogP) is 4.96. The van der Waals surface area contributed by atoms with Gasteiger partial charge in [-0.05, 0) is 30.4 Å². The molecular weight excluding hydrogens is 288 g/mol. The van der Waals surface area contributed by atoms with Gasteiger partial charge >= 0.3 is 5.97 Å². The molecule has 3 nitrogen and oxygen atoms in total. The van der Waals surface area contributed by atoms with Crippen LogP contribution in [0.4, 0.5) is 0 Å². The Morgan fingerprint density at radius 3 is 1.87 bits per heavy atom. The number of unbranched alkanes of at least 4 members (excludes halogenated alkanes) is 5. The lowest BCUT2D eigenvalue weighted by atomic mass is 10.0. The van der Waals surface area contributed by atoms with E-state index in [2.05, 4.69) is 6.92 Å². The number of carbonyl (C=O) groups excluding carboxylic acids is 1. The Balaban J connectivity index is 2.16. The summed E-state index contributed by atoms with van der Waals surface area (Å²) in [5.41, 5.74) is 2.19. The number of hydrogen-bond donors (Lipinski definition) is 1. The van der Waals surface area contributed by atoms with E-state index < -0.39 is 5.97 Å². The fourth-order valence-corrected chi connectivity index (χ4v) is 2.64. The lowest BCUT2D eigenvalue weighted by Crippen LogP contribution is -2.01. The zero-order valence-corrected chi connectivity index (χ0v) is 14.4. The molecule has 0 aromatic heterocycles. The van der Waals surface area contributed by atoms with Crippen LogP contribution >= 0.6 is 0 Å². The molecule has 1 N–H and O–H groups in total. The van der Waals surface area contributed by atoms with Crippen molar-refractivity contribution in [1.82, 2.24) is 0 Å². The molecule has 0 heterocycles. The second-order valence-corrected chi connectivity index (χ2v) is 6.27. The van der Waals surface area contributed by atoms with E-state index in [0.717, 1.165) is 24.0 Å². The number of benzene rings is 1. The Morgan fingerprint density at radius 1 is 0.783 bits per heavy atom. The van der Waals surface area contributed by atoms with Crippen molar-refractivity contribution in [2.75, 3.05) is 0 Å². The van der Waals surface area contributed by atoms with E-state index in [9.17, 15) is 9.59 Å². The van der Waals surface area contributed by atoms with Gasteiger partial charge in [0.1, 0.15) is 5.78 Å². The molecule has 0 saturated heterocycles. The van der Waals surface area contributed by atoms with Crippen molar-refractivity contribution < 1.29 is 14.7 Å². The number of rotatable bonds is 13. The Morgan fingerprint density at radius 2 is 1.30 bits per heavy atom. The summed E-state index contributed by atoms with van der Waals surface area (Å²) in [6, 6.07) is 7.96. The Hall–Kier alpha value is -1.64. The van der Waals surface area contributed by atoms with Gasteiger partial charge in [-0.3, -0.25) is 9.59 Å². The molecule has 1 rings (SSSR count). The van der Waals surface area contributed by atoms with Crippen LogP contribution in [0.1, 0.15) is 75.8 Å². The molecule has 0 fully saturated rings. The minimum atomic E-state index is -0.769. The van der Waals surface area contributed by atoms with Crippen molar-refractivity contribution in [3.8, 4) is 0 Å². The maximum atomic E-state index is 11.9. The SMILES string of the molecule is CCCCCCCCC(=O)CCc1ccc(CCC(=O)O)cc1. The third-order valence-electron chi connectivity index (χ3n) is 4.15. The minimum Gasteiger partial charge on any atom is -0.481 e. The van der Waals surface area contributed by atoms with E-state index >= 15 is 0 Å². The van der Waals surface area contributed by atoms with Crippen LogP contribution in [0, 0.1) is 0 Å². The Kier molecular flexibility index (Phi) is 10.0. The smallest absolute Gasteiger partial charge is 0.303 e. The van der Waals surface area contributed by atoms with Crippen molar-refractivity contribution in [1.29, 1.82) is 0 Å². The average molecular weight is 318 g/mol. The van der Waals surface area contributed by atoms with Gasteiger partial charge in [0.15, 0.2) is 0 Å². The summed E-state index contributed by atoms with van der Waals surface area (Å²) in [6.45, 7) is 2.21. The zero-order valence-electron chi connectivity index (χ0n) is 14.4. The van der Waals surface area contributed by atoms with Gasteiger partial charge in [0.2, 0.25) is 0 Å². The third-order valence-corrected chi connectivity index (χ3v) is 4.15. The van der Waals surface area contributed by atoms with Gasteiger partial charge in [-0.25, -0.2) is 0 Å². The van der Waals surface area contributed by atoms with Crippen LogP contribution < -0.4 is 0 Å². The van der Waals surface area contributed by atoms with Crippen molar-refractivity contribution in [3.63, 3.8) is 0 Å². The summed E-state index contributed by atoms with van der Waals surface area (Å²) in [5, 5.41) is 8.67. The molecule has 1 aromatic rings. The van der Waals surface area contributed by atoms with E-state index in [1.54, 1.807) is 0 Å². The van der Waals surface area contributed by atoms with Crippen LogP contribution in [0.3, 0.4) is 0 Å². The second-order valence-electron chi connectivity index (χ2n) is 6.27. The number of carboxylic acid groups (broad SMARTS) is 1. The highest BCUT2D eigenvalue weighted by Gasteiger charge is 2.04. The van der Waals surface area contributed by atoms with Crippen LogP contribution in [-0.4, -0.2) is 16.9 Å². The summed E-state index contributed by atoms with van der Waals surface area (Å²) in [4.78, 5) is 22.4. The molecular formula is C20H30O3. The molecule has 0 aliphatic rings. The quantitative estimate of drug-likeness (QED) is 0.523. The van der Waals surface area contributed by atoms with Crippen LogP contribution in [0.25, 0.3) is 0 Å². The van der Waals surface area contributed by atoms with Gasteiger partial charge in [0.25, 0.3) is 0 Å². The topological polar surface area (TPSA) is 54.4 Å². The molecule has 128 valence electrons. The van der Waals surface area contributed by atoms with Crippen molar-refractivity contribution >= 4 is 11.8 Å². The van der Waals surface area contributed by atoms with Crippen molar-refractivity contribution in [2.24, 2.45) is 0 Å². The number of aryl methyl sites for hydroxylation is 2.